The lowest BCUT2D eigenvalue weighted by molar-refractivity contribution is -0.137. The maximum Gasteiger partial charge on any atom is 0.316 e. The lowest BCUT2D eigenvalue weighted by atomic mass is 10.1. The van der Waals surface area contributed by atoms with Gasteiger partial charge in [-0.2, -0.15) is 4.98 Å². The van der Waals surface area contributed by atoms with Gasteiger partial charge >= 0.3 is 5.97 Å². The molecule has 0 aliphatic carbocycles. The molecule has 3 heterocycles. The summed E-state index contributed by atoms with van der Waals surface area (Å²) < 4.78 is 7.97. The summed E-state index contributed by atoms with van der Waals surface area (Å²) in [5.41, 5.74) is 0.646. The number of fused-ring (bicyclic) bond motifs is 1. The fourth-order valence-corrected chi connectivity index (χ4v) is 3.88. The van der Waals surface area contributed by atoms with Gasteiger partial charge in [-0.25, -0.2) is 4.98 Å². The van der Waals surface area contributed by atoms with Crippen molar-refractivity contribution in [2.45, 2.75) is 37.9 Å². The zero-order chi connectivity index (χ0) is 19.4. The number of hydrogen-bond acceptors (Lipinski definition) is 7. The molecule has 8 nitrogen and oxygen atoms in total. The molecule has 1 aliphatic heterocycles. The fourth-order valence-electron chi connectivity index (χ4n) is 3.08. The van der Waals surface area contributed by atoms with E-state index in [-0.39, 0.29) is 17.3 Å². The van der Waals surface area contributed by atoms with E-state index in [4.69, 9.17) is 0 Å². The third-order valence-corrected chi connectivity index (χ3v) is 5.53. The van der Waals surface area contributed by atoms with E-state index in [0.717, 1.165) is 43.6 Å². The Morgan fingerprint density at radius 1 is 1.26 bits per heavy atom. The van der Waals surface area contributed by atoms with Gasteiger partial charge in [0, 0.05) is 20.1 Å². The van der Waals surface area contributed by atoms with Crippen molar-refractivity contribution in [3.63, 3.8) is 0 Å². The standard InChI is InChI=1S/C18H23N5O3S/c1-4-5-11-23-14-15(19-17(23)22-9-7-6-8-10-22)20-18(21(2)16(14)25)27-12-13(24)26-3/h6-12H2,1-3H3. The third-order valence-electron chi connectivity index (χ3n) is 4.52. The third kappa shape index (κ3) is 3.95. The Morgan fingerprint density at radius 2 is 2.00 bits per heavy atom. The summed E-state index contributed by atoms with van der Waals surface area (Å²) in [6, 6.07) is 0. The second kappa shape index (κ2) is 8.48. The number of methoxy groups -OCH3 is 1. The molecule has 2 aromatic rings. The van der Waals surface area contributed by atoms with Crippen molar-refractivity contribution >= 4 is 34.8 Å². The van der Waals surface area contributed by atoms with Crippen LogP contribution in [0.1, 0.15) is 26.2 Å². The van der Waals surface area contributed by atoms with Crippen LogP contribution in [0.2, 0.25) is 0 Å². The minimum absolute atomic E-state index is 0.0866. The van der Waals surface area contributed by atoms with E-state index in [1.54, 1.807) is 14.0 Å². The molecule has 0 radical (unpaired) electrons. The van der Waals surface area contributed by atoms with Gasteiger partial charge < -0.3 is 9.64 Å². The predicted molar refractivity (Wildman–Crippen MR) is 105 cm³/mol. The molecule has 9 heteroatoms. The number of carbonyl (C=O) groups excluding carboxylic acids is 1. The Hall–Kier alpha value is -2.47. The number of anilines is 1. The number of thioether (sulfide) groups is 1. The number of esters is 1. The molecule has 0 unspecified atom stereocenters. The van der Waals surface area contributed by atoms with Crippen LogP contribution in [0.25, 0.3) is 11.2 Å². The van der Waals surface area contributed by atoms with Gasteiger partial charge in [-0.1, -0.05) is 17.7 Å². The molecule has 0 aromatic carbocycles. The van der Waals surface area contributed by atoms with E-state index in [1.165, 1.54) is 18.1 Å². The summed E-state index contributed by atoms with van der Waals surface area (Å²) in [4.78, 5) is 35.8. The topological polar surface area (TPSA) is 82.2 Å². The first-order valence-electron chi connectivity index (χ1n) is 8.88. The van der Waals surface area contributed by atoms with Crippen LogP contribution in [-0.2, 0) is 23.1 Å². The van der Waals surface area contributed by atoms with Crippen LogP contribution in [0.4, 0.5) is 5.95 Å². The first-order chi connectivity index (χ1) is 13.1. The molecule has 1 saturated heterocycles. The summed E-state index contributed by atoms with van der Waals surface area (Å²) in [5, 5.41) is 0.439. The lowest BCUT2D eigenvalue weighted by Gasteiger charge is -2.27. The maximum absolute atomic E-state index is 13.0. The summed E-state index contributed by atoms with van der Waals surface area (Å²) in [7, 11) is 2.98. The van der Waals surface area contributed by atoms with Gasteiger partial charge in [-0.05, 0) is 26.2 Å². The van der Waals surface area contributed by atoms with Crippen molar-refractivity contribution < 1.29 is 9.53 Å². The second-order valence-corrected chi connectivity index (χ2v) is 7.21. The fraction of sp³-hybridized carbons (Fsp3) is 0.556. The molecular formula is C18H23N5O3S. The first kappa shape index (κ1) is 19.3. The summed E-state index contributed by atoms with van der Waals surface area (Å²) in [5.74, 6) is 6.38. The molecule has 2 aromatic heterocycles. The van der Waals surface area contributed by atoms with Gasteiger partial charge in [-0.3, -0.25) is 18.7 Å². The summed E-state index contributed by atoms with van der Waals surface area (Å²) in [6.45, 7) is 3.99. The molecule has 3 rings (SSSR count). The Labute approximate surface area is 161 Å². The van der Waals surface area contributed by atoms with E-state index < -0.39 is 0 Å². The first-order valence-corrected chi connectivity index (χ1v) is 9.86. The molecule has 0 bridgehead atoms. The van der Waals surface area contributed by atoms with Crippen LogP contribution >= 0.6 is 11.8 Å². The van der Waals surface area contributed by atoms with E-state index in [1.807, 2.05) is 4.57 Å². The average molecular weight is 389 g/mol. The zero-order valence-corrected chi connectivity index (χ0v) is 16.6. The Bertz CT molecular complexity index is 963. The second-order valence-electron chi connectivity index (χ2n) is 6.27. The molecule has 1 aliphatic rings. The highest BCUT2D eigenvalue weighted by atomic mass is 32.2. The molecule has 0 amide bonds. The van der Waals surface area contributed by atoms with Crippen LogP contribution in [-0.4, -0.2) is 51.0 Å². The number of hydrogen-bond donors (Lipinski definition) is 0. The lowest BCUT2D eigenvalue weighted by Crippen LogP contribution is -2.32. The number of piperidine rings is 1. The van der Waals surface area contributed by atoms with Crippen molar-refractivity contribution in [2.24, 2.45) is 7.05 Å². The van der Waals surface area contributed by atoms with Gasteiger partial charge in [-0.15, -0.1) is 5.92 Å². The van der Waals surface area contributed by atoms with Crippen LogP contribution in [0.3, 0.4) is 0 Å². The highest BCUT2D eigenvalue weighted by Crippen LogP contribution is 2.24. The quantitative estimate of drug-likeness (QED) is 0.331. The number of ether oxygens (including phenoxy) is 1. The molecule has 0 spiro atoms. The molecule has 0 saturated carbocycles. The van der Waals surface area contributed by atoms with Gasteiger partial charge in [0.05, 0.1) is 19.4 Å². The van der Waals surface area contributed by atoms with E-state index >= 15 is 0 Å². The summed E-state index contributed by atoms with van der Waals surface area (Å²) >= 11 is 1.16. The largest absolute Gasteiger partial charge is 0.468 e. The van der Waals surface area contributed by atoms with Crippen molar-refractivity contribution in [1.29, 1.82) is 0 Å². The van der Waals surface area contributed by atoms with Gasteiger partial charge in [0.1, 0.15) is 0 Å². The Morgan fingerprint density at radius 3 is 2.67 bits per heavy atom. The molecular weight excluding hydrogens is 366 g/mol. The monoisotopic (exact) mass is 389 g/mol. The van der Waals surface area contributed by atoms with Crippen molar-refractivity contribution in [3.8, 4) is 11.8 Å². The van der Waals surface area contributed by atoms with Gasteiger partial charge in [0.2, 0.25) is 5.95 Å². The van der Waals surface area contributed by atoms with Crippen molar-refractivity contribution in [1.82, 2.24) is 19.1 Å². The Kier molecular flexibility index (Phi) is 6.06. The van der Waals surface area contributed by atoms with E-state index in [0.29, 0.717) is 22.9 Å². The average Bonchev–Trinajstić information content (AvgIpc) is 3.06. The molecule has 0 atom stereocenters. The molecule has 1 fully saturated rings. The van der Waals surface area contributed by atoms with E-state index in [2.05, 4.69) is 31.4 Å². The Balaban J connectivity index is 2.09. The molecule has 0 N–H and O–H groups in total. The van der Waals surface area contributed by atoms with Crippen LogP contribution in [0.5, 0.6) is 0 Å². The number of aromatic nitrogens is 4. The van der Waals surface area contributed by atoms with Crippen LogP contribution in [0, 0.1) is 11.8 Å². The molecule has 27 heavy (non-hydrogen) atoms. The smallest absolute Gasteiger partial charge is 0.316 e. The number of imidazole rings is 1. The van der Waals surface area contributed by atoms with Crippen LogP contribution < -0.4 is 10.5 Å². The van der Waals surface area contributed by atoms with Gasteiger partial charge in [0.25, 0.3) is 5.56 Å². The van der Waals surface area contributed by atoms with Crippen molar-refractivity contribution in [3.05, 3.63) is 10.4 Å². The summed E-state index contributed by atoms with van der Waals surface area (Å²) in [6.07, 6.45) is 3.42. The maximum atomic E-state index is 13.0. The number of nitrogens with zero attached hydrogens (tertiary/aromatic N) is 5. The van der Waals surface area contributed by atoms with Crippen LogP contribution in [0.15, 0.2) is 9.95 Å². The minimum Gasteiger partial charge on any atom is -0.468 e. The normalized spacial score (nSPS) is 14.1. The van der Waals surface area contributed by atoms with Crippen molar-refractivity contribution in [2.75, 3.05) is 30.9 Å². The highest BCUT2D eigenvalue weighted by Gasteiger charge is 2.23. The van der Waals surface area contributed by atoms with Gasteiger partial charge in [0.15, 0.2) is 16.3 Å². The molecule has 144 valence electrons. The highest BCUT2D eigenvalue weighted by molar-refractivity contribution is 7.99. The predicted octanol–water partition coefficient (Wildman–Crippen LogP) is 1.41. The number of rotatable bonds is 5. The van der Waals surface area contributed by atoms with E-state index in [9.17, 15) is 9.59 Å². The SMILES string of the molecule is CC#CCn1c(N2CCCCC2)nc2nc(SCC(=O)OC)n(C)c(=O)c21. The minimum atomic E-state index is -0.368. The number of carbonyl (C=O) groups is 1. The zero-order valence-electron chi connectivity index (χ0n) is 15.8.